The third-order valence-electron chi connectivity index (χ3n) is 4.20. The molecule has 3 rings (SSSR count). The zero-order valence-electron chi connectivity index (χ0n) is 14.1. The summed E-state index contributed by atoms with van der Waals surface area (Å²) >= 11 is 5.80. The second kappa shape index (κ2) is 8.77. The number of aryl methyl sites for hydroxylation is 2. The summed E-state index contributed by atoms with van der Waals surface area (Å²) in [5.41, 5.74) is 2.83. The highest BCUT2D eigenvalue weighted by Gasteiger charge is 2.10. The number of nitrogens with one attached hydrogen (secondary N) is 1. The van der Waals surface area contributed by atoms with Crippen LogP contribution < -0.4 is 14.8 Å². The van der Waals surface area contributed by atoms with E-state index in [9.17, 15) is 4.79 Å². The van der Waals surface area contributed by atoms with E-state index in [1.807, 2.05) is 6.07 Å². The molecule has 0 saturated carbocycles. The highest BCUT2D eigenvalue weighted by atomic mass is 35.5. The Morgan fingerprint density at radius 1 is 0.960 bits per heavy atom. The summed E-state index contributed by atoms with van der Waals surface area (Å²) in [6.07, 6.45) is 4.82. The average Bonchev–Trinajstić information content (AvgIpc) is 2.64. The number of hydrogen-bond donors (Lipinski definition) is 1. The first kappa shape index (κ1) is 17.6. The Morgan fingerprint density at radius 2 is 1.68 bits per heavy atom. The van der Waals surface area contributed by atoms with Crippen molar-refractivity contribution in [2.45, 2.75) is 25.7 Å². The SMILES string of the molecule is O=C(COc1ccc(Cl)cc1)NCCOc1ccc2c(c1)CCCC2. The highest BCUT2D eigenvalue weighted by Crippen LogP contribution is 2.25. The summed E-state index contributed by atoms with van der Waals surface area (Å²) < 4.78 is 11.1. The summed E-state index contributed by atoms with van der Waals surface area (Å²) in [6.45, 7) is 0.853. The molecule has 5 heteroatoms. The Hall–Kier alpha value is -2.20. The summed E-state index contributed by atoms with van der Waals surface area (Å²) in [4.78, 5) is 11.8. The molecule has 0 saturated heterocycles. The van der Waals surface area contributed by atoms with Gasteiger partial charge in [0.05, 0.1) is 6.54 Å². The number of benzene rings is 2. The van der Waals surface area contributed by atoms with Crippen molar-refractivity contribution in [3.63, 3.8) is 0 Å². The lowest BCUT2D eigenvalue weighted by Crippen LogP contribution is -2.32. The summed E-state index contributed by atoms with van der Waals surface area (Å²) in [7, 11) is 0. The van der Waals surface area contributed by atoms with Crippen molar-refractivity contribution >= 4 is 17.5 Å². The fraction of sp³-hybridized carbons (Fsp3) is 0.350. The third kappa shape index (κ3) is 5.40. The van der Waals surface area contributed by atoms with Crippen LogP contribution in [-0.4, -0.2) is 25.7 Å². The summed E-state index contributed by atoms with van der Waals surface area (Å²) in [5.74, 6) is 1.31. The van der Waals surface area contributed by atoms with Crippen molar-refractivity contribution in [2.75, 3.05) is 19.8 Å². The number of rotatable bonds is 7. The first-order valence-electron chi connectivity index (χ1n) is 8.60. The lowest BCUT2D eigenvalue weighted by atomic mass is 9.92. The molecule has 4 nitrogen and oxygen atoms in total. The van der Waals surface area contributed by atoms with E-state index >= 15 is 0 Å². The Kier molecular flexibility index (Phi) is 6.18. The van der Waals surface area contributed by atoms with Gasteiger partial charge in [-0.25, -0.2) is 0 Å². The van der Waals surface area contributed by atoms with Gasteiger partial charge in [-0.3, -0.25) is 4.79 Å². The topological polar surface area (TPSA) is 47.6 Å². The Morgan fingerprint density at radius 3 is 2.48 bits per heavy atom. The van der Waals surface area contributed by atoms with Crippen LogP contribution in [0.1, 0.15) is 24.0 Å². The number of fused-ring (bicyclic) bond motifs is 1. The van der Waals surface area contributed by atoms with E-state index in [4.69, 9.17) is 21.1 Å². The smallest absolute Gasteiger partial charge is 0.258 e. The van der Waals surface area contributed by atoms with E-state index in [0.717, 1.165) is 12.2 Å². The quantitative estimate of drug-likeness (QED) is 0.765. The Labute approximate surface area is 153 Å². The van der Waals surface area contributed by atoms with E-state index < -0.39 is 0 Å². The zero-order chi connectivity index (χ0) is 17.5. The van der Waals surface area contributed by atoms with Crippen LogP contribution in [0.25, 0.3) is 0 Å². The third-order valence-corrected chi connectivity index (χ3v) is 4.45. The number of ether oxygens (including phenoxy) is 2. The van der Waals surface area contributed by atoms with Gasteiger partial charge in [0, 0.05) is 5.02 Å². The molecule has 0 heterocycles. The van der Waals surface area contributed by atoms with Crippen LogP contribution in [-0.2, 0) is 17.6 Å². The summed E-state index contributed by atoms with van der Waals surface area (Å²) in [5, 5.41) is 3.42. The molecule has 132 valence electrons. The maximum absolute atomic E-state index is 11.8. The van der Waals surface area contributed by atoms with E-state index in [0.29, 0.717) is 23.9 Å². The molecule has 0 fully saturated rings. The predicted octanol–water partition coefficient (Wildman–Crippen LogP) is 3.79. The molecule has 2 aromatic carbocycles. The molecule has 0 spiro atoms. The van der Waals surface area contributed by atoms with Gasteiger partial charge in [0.1, 0.15) is 18.1 Å². The maximum atomic E-state index is 11.8. The first-order chi connectivity index (χ1) is 12.2. The highest BCUT2D eigenvalue weighted by molar-refractivity contribution is 6.30. The molecule has 1 N–H and O–H groups in total. The number of amides is 1. The maximum Gasteiger partial charge on any atom is 0.258 e. The molecule has 0 unspecified atom stereocenters. The average molecular weight is 360 g/mol. The van der Waals surface area contributed by atoms with E-state index in [2.05, 4.69) is 17.4 Å². The molecule has 25 heavy (non-hydrogen) atoms. The Bertz CT molecular complexity index is 715. The molecule has 0 atom stereocenters. The normalized spacial score (nSPS) is 13.0. The molecule has 1 aliphatic rings. The number of hydrogen-bond acceptors (Lipinski definition) is 3. The van der Waals surface area contributed by atoms with Gasteiger partial charge < -0.3 is 14.8 Å². The van der Waals surface area contributed by atoms with Crippen LogP contribution in [0.3, 0.4) is 0 Å². The van der Waals surface area contributed by atoms with Crippen LogP contribution in [0.2, 0.25) is 5.02 Å². The molecule has 1 amide bonds. The second-order valence-electron chi connectivity index (χ2n) is 6.08. The fourth-order valence-corrected chi connectivity index (χ4v) is 3.02. The first-order valence-corrected chi connectivity index (χ1v) is 8.98. The Balaban J connectivity index is 1.35. The van der Waals surface area contributed by atoms with E-state index in [-0.39, 0.29) is 12.5 Å². The molecular formula is C20H22ClNO3. The molecular weight excluding hydrogens is 338 g/mol. The zero-order valence-corrected chi connectivity index (χ0v) is 14.8. The van der Waals surface area contributed by atoms with Crippen molar-refractivity contribution in [3.8, 4) is 11.5 Å². The monoisotopic (exact) mass is 359 g/mol. The predicted molar refractivity (Wildman–Crippen MR) is 98.5 cm³/mol. The minimum Gasteiger partial charge on any atom is -0.492 e. The number of halogens is 1. The molecule has 1 aliphatic carbocycles. The fourth-order valence-electron chi connectivity index (χ4n) is 2.89. The van der Waals surface area contributed by atoms with Crippen LogP contribution in [0.5, 0.6) is 11.5 Å². The standard InChI is InChI=1S/C20H22ClNO3/c21-17-6-9-18(10-7-17)25-14-20(23)22-11-12-24-19-8-5-15-3-1-2-4-16(15)13-19/h5-10,13H,1-4,11-12,14H2,(H,22,23). The van der Waals surface area contributed by atoms with Crippen molar-refractivity contribution < 1.29 is 14.3 Å². The molecule has 2 aromatic rings. The van der Waals surface area contributed by atoms with Crippen LogP contribution >= 0.6 is 11.6 Å². The van der Waals surface area contributed by atoms with Gasteiger partial charge in [0.15, 0.2) is 6.61 Å². The van der Waals surface area contributed by atoms with E-state index in [1.165, 1.54) is 30.4 Å². The largest absolute Gasteiger partial charge is 0.492 e. The van der Waals surface area contributed by atoms with Gasteiger partial charge >= 0.3 is 0 Å². The number of carbonyl (C=O) groups excluding carboxylic acids is 1. The van der Waals surface area contributed by atoms with Crippen molar-refractivity contribution in [3.05, 3.63) is 58.6 Å². The minimum atomic E-state index is -0.177. The minimum absolute atomic E-state index is 0.0273. The van der Waals surface area contributed by atoms with Gasteiger partial charge in [-0.05, 0) is 73.2 Å². The summed E-state index contributed by atoms with van der Waals surface area (Å²) in [6, 6.07) is 13.2. The molecule has 0 bridgehead atoms. The van der Waals surface area contributed by atoms with Crippen LogP contribution in [0.4, 0.5) is 0 Å². The van der Waals surface area contributed by atoms with Gasteiger partial charge in [0.25, 0.3) is 5.91 Å². The van der Waals surface area contributed by atoms with Gasteiger partial charge in [-0.15, -0.1) is 0 Å². The molecule has 0 aliphatic heterocycles. The van der Waals surface area contributed by atoms with E-state index in [1.54, 1.807) is 24.3 Å². The van der Waals surface area contributed by atoms with Gasteiger partial charge in [0.2, 0.25) is 0 Å². The van der Waals surface area contributed by atoms with Crippen LogP contribution in [0.15, 0.2) is 42.5 Å². The molecule has 0 radical (unpaired) electrons. The second-order valence-corrected chi connectivity index (χ2v) is 6.52. The van der Waals surface area contributed by atoms with Gasteiger partial charge in [-0.2, -0.15) is 0 Å². The lowest BCUT2D eigenvalue weighted by Gasteiger charge is -2.17. The lowest BCUT2D eigenvalue weighted by molar-refractivity contribution is -0.123. The van der Waals surface area contributed by atoms with Crippen molar-refractivity contribution in [1.29, 1.82) is 0 Å². The van der Waals surface area contributed by atoms with Gasteiger partial charge in [-0.1, -0.05) is 17.7 Å². The van der Waals surface area contributed by atoms with Crippen LogP contribution in [0, 0.1) is 0 Å². The number of carbonyl (C=O) groups is 1. The molecule has 0 aromatic heterocycles. The van der Waals surface area contributed by atoms with Crippen molar-refractivity contribution in [2.24, 2.45) is 0 Å². The van der Waals surface area contributed by atoms with Crippen molar-refractivity contribution in [1.82, 2.24) is 5.32 Å².